The molecule has 0 aliphatic carbocycles. The number of hydrogen-bond acceptors (Lipinski definition) is 2. The Balaban J connectivity index is 3.09. The summed E-state index contributed by atoms with van der Waals surface area (Å²) in [7, 11) is 1.42. The first-order valence-corrected chi connectivity index (χ1v) is 6.75. The third kappa shape index (κ3) is 3.83. The Morgan fingerprint density at radius 3 is 2.68 bits per heavy atom. The average molecular weight is 288 g/mol. The number of hydrogen-bond donors (Lipinski definition) is 0. The summed E-state index contributed by atoms with van der Waals surface area (Å²) in [6, 6.07) is 4.33. The summed E-state index contributed by atoms with van der Waals surface area (Å²) in [5.41, 5.74) is -0.0201. The van der Waals surface area contributed by atoms with Gasteiger partial charge in [-0.25, -0.2) is 4.39 Å². The van der Waals surface area contributed by atoms with Crippen LogP contribution >= 0.6 is 11.6 Å². The highest BCUT2D eigenvalue weighted by Crippen LogP contribution is 2.23. The predicted octanol–water partition coefficient (Wildman–Crippen LogP) is 3.31. The molecule has 0 atom stereocenters. The molecule has 106 valence electrons. The van der Waals surface area contributed by atoms with Gasteiger partial charge >= 0.3 is 0 Å². The lowest BCUT2D eigenvalue weighted by molar-refractivity contribution is 0.0698. The third-order valence-corrected chi connectivity index (χ3v) is 3.09. The molecule has 0 radical (unpaired) electrons. The zero-order chi connectivity index (χ0) is 14.4. The van der Waals surface area contributed by atoms with E-state index >= 15 is 0 Å². The highest BCUT2D eigenvalue weighted by Gasteiger charge is 2.24. The number of halogens is 2. The van der Waals surface area contributed by atoms with Gasteiger partial charge in [-0.05, 0) is 32.4 Å². The number of carbonyl (C=O) groups is 1. The number of rotatable bonds is 6. The van der Waals surface area contributed by atoms with Crippen LogP contribution in [0, 0.1) is 5.82 Å². The van der Waals surface area contributed by atoms with Crippen molar-refractivity contribution in [3.05, 3.63) is 29.6 Å². The van der Waals surface area contributed by atoms with Crippen LogP contribution in [0.15, 0.2) is 18.2 Å². The molecule has 0 spiro atoms. The van der Waals surface area contributed by atoms with Crippen LogP contribution < -0.4 is 4.74 Å². The fourth-order valence-electron chi connectivity index (χ4n) is 1.85. The van der Waals surface area contributed by atoms with Crippen molar-refractivity contribution in [3.8, 4) is 5.75 Å². The van der Waals surface area contributed by atoms with E-state index in [1.807, 2.05) is 13.8 Å². The molecule has 0 aliphatic rings. The molecule has 1 aromatic rings. The molecular formula is C14H19ClFNO2. The van der Waals surface area contributed by atoms with E-state index in [9.17, 15) is 9.18 Å². The fraction of sp³-hybridized carbons (Fsp3) is 0.500. The molecular weight excluding hydrogens is 269 g/mol. The molecule has 0 saturated carbocycles. The minimum Gasteiger partial charge on any atom is -0.496 e. The van der Waals surface area contributed by atoms with Crippen LogP contribution in [0.2, 0.25) is 0 Å². The van der Waals surface area contributed by atoms with Crippen molar-refractivity contribution in [3.63, 3.8) is 0 Å². The summed E-state index contributed by atoms with van der Waals surface area (Å²) < 4.78 is 18.9. The molecule has 0 heterocycles. The van der Waals surface area contributed by atoms with Crippen LogP contribution in [-0.4, -0.2) is 36.4 Å². The monoisotopic (exact) mass is 287 g/mol. The molecule has 5 heteroatoms. The Morgan fingerprint density at radius 2 is 2.16 bits per heavy atom. The van der Waals surface area contributed by atoms with Crippen LogP contribution in [0.5, 0.6) is 5.75 Å². The molecule has 1 rings (SSSR count). The zero-order valence-electron chi connectivity index (χ0n) is 11.5. The first-order valence-electron chi connectivity index (χ1n) is 6.22. The van der Waals surface area contributed by atoms with E-state index in [2.05, 4.69) is 0 Å². The number of methoxy groups -OCH3 is 1. The van der Waals surface area contributed by atoms with Crippen LogP contribution in [-0.2, 0) is 0 Å². The smallest absolute Gasteiger partial charge is 0.260 e. The minimum absolute atomic E-state index is 0.0201. The Labute approximate surface area is 118 Å². The number of ether oxygens (including phenoxy) is 1. The molecule has 1 amide bonds. The minimum atomic E-state index is -0.569. The van der Waals surface area contributed by atoms with Gasteiger partial charge in [0.15, 0.2) is 0 Å². The van der Waals surface area contributed by atoms with Gasteiger partial charge in [0, 0.05) is 18.5 Å². The number of benzene rings is 1. The molecule has 3 nitrogen and oxygen atoms in total. The van der Waals surface area contributed by atoms with Crippen LogP contribution in [0.4, 0.5) is 4.39 Å². The van der Waals surface area contributed by atoms with Crippen molar-refractivity contribution in [2.24, 2.45) is 0 Å². The van der Waals surface area contributed by atoms with Gasteiger partial charge in [-0.1, -0.05) is 6.07 Å². The van der Waals surface area contributed by atoms with Gasteiger partial charge in [0.2, 0.25) is 0 Å². The average Bonchev–Trinajstić information content (AvgIpc) is 2.38. The van der Waals surface area contributed by atoms with Crippen molar-refractivity contribution >= 4 is 17.5 Å². The van der Waals surface area contributed by atoms with Gasteiger partial charge in [-0.2, -0.15) is 0 Å². The van der Waals surface area contributed by atoms with E-state index < -0.39 is 5.82 Å². The molecule has 19 heavy (non-hydrogen) atoms. The fourth-order valence-corrected chi connectivity index (χ4v) is 1.97. The molecule has 1 aromatic carbocycles. The van der Waals surface area contributed by atoms with Crippen molar-refractivity contribution in [1.82, 2.24) is 4.90 Å². The van der Waals surface area contributed by atoms with Gasteiger partial charge in [0.25, 0.3) is 5.91 Å². The van der Waals surface area contributed by atoms with Crippen LogP contribution in [0.3, 0.4) is 0 Å². The van der Waals surface area contributed by atoms with Gasteiger partial charge in [-0.15, -0.1) is 11.6 Å². The summed E-state index contributed by atoms with van der Waals surface area (Å²) in [6.07, 6.45) is 0.669. The van der Waals surface area contributed by atoms with Crippen LogP contribution in [0.1, 0.15) is 30.6 Å². The summed E-state index contributed by atoms with van der Waals surface area (Å²) in [4.78, 5) is 14.1. The lowest BCUT2D eigenvalue weighted by atomic mass is 10.1. The number of amides is 1. The molecule has 0 fully saturated rings. The summed E-state index contributed by atoms with van der Waals surface area (Å²) in [5, 5.41) is 0. The number of alkyl halides is 1. The second-order valence-corrected chi connectivity index (χ2v) is 4.83. The molecule has 0 N–H and O–H groups in total. The van der Waals surface area contributed by atoms with E-state index in [1.54, 1.807) is 11.0 Å². The molecule has 0 unspecified atom stereocenters. The van der Waals surface area contributed by atoms with E-state index in [0.717, 1.165) is 0 Å². The molecule has 0 bridgehead atoms. The normalized spacial score (nSPS) is 10.6. The van der Waals surface area contributed by atoms with Crippen molar-refractivity contribution in [2.45, 2.75) is 26.3 Å². The van der Waals surface area contributed by atoms with E-state index in [0.29, 0.717) is 18.8 Å². The highest BCUT2D eigenvalue weighted by molar-refractivity contribution is 6.17. The predicted molar refractivity (Wildman–Crippen MR) is 74.5 cm³/mol. The Morgan fingerprint density at radius 1 is 1.47 bits per heavy atom. The second kappa shape index (κ2) is 7.34. The number of nitrogens with zero attached hydrogens (tertiary/aromatic N) is 1. The first-order chi connectivity index (χ1) is 9.02. The number of carbonyl (C=O) groups excluding carboxylic acids is 1. The maximum absolute atomic E-state index is 13.9. The summed E-state index contributed by atoms with van der Waals surface area (Å²) in [5.74, 6) is -0.220. The maximum Gasteiger partial charge on any atom is 0.260 e. The topological polar surface area (TPSA) is 29.5 Å². The largest absolute Gasteiger partial charge is 0.496 e. The molecule has 0 aromatic heterocycles. The Bertz CT molecular complexity index is 437. The third-order valence-electron chi connectivity index (χ3n) is 2.83. The summed E-state index contributed by atoms with van der Waals surface area (Å²) >= 11 is 5.65. The Hall–Kier alpha value is -1.29. The lowest BCUT2D eigenvalue weighted by Gasteiger charge is -2.27. The van der Waals surface area contributed by atoms with Crippen molar-refractivity contribution < 1.29 is 13.9 Å². The van der Waals surface area contributed by atoms with Gasteiger partial charge in [0.1, 0.15) is 17.1 Å². The van der Waals surface area contributed by atoms with E-state index in [4.69, 9.17) is 16.3 Å². The molecule has 0 saturated heterocycles. The zero-order valence-corrected chi connectivity index (χ0v) is 12.2. The molecule has 0 aliphatic heterocycles. The summed E-state index contributed by atoms with van der Waals surface area (Å²) in [6.45, 7) is 4.27. The highest BCUT2D eigenvalue weighted by atomic mass is 35.5. The quantitative estimate of drug-likeness (QED) is 0.751. The lowest BCUT2D eigenvalue weighted by Crippen LogP contribution is -2.38. The maximum atomic E-state index is 13.9. The van der Waals surface area contributed by atoms with Gasteiger partial charge < -0.3 is 9.64 Å². The SMILES string of the molecule is COc1cccc(F)c1C(=O)N(CCCCl)C(C)C. The van der Waals surface area contributed by atoms with Crippen molar-refractivity contribution in [2.75, 3.05) is 19.5 Å². The van der Waals surface area contributed by atoms with Gasteiger partial charge in [0.05, 0.1) is 7.11 Å². The second-order valence-electron chi connectivity index (χ2n) is 4.45. The van der Waals surface area contributed by atoms with Crippen molar-refractivity contribution in [1.29, 1.82) is 0 Å². The van der Waals surface area contributed by atoms with Gasteiger partial charge in [-0.3, -0.25) is 4.79 Å². The Kier molecular flexibility index (Phi) is 6.09. The van der Waals surface area contributed by atoms with E-state index in [1.165, 1.54) is 19.2 Å². The first kappa shape index (κ1) is 15.8. The van der Waals surface area contributed by atoms with Crippen LogP contribution in [0.25, 0.3) is 0 Å². The van der Waals surface area contributed by atoms with E-state index in [-0.39, 0.29) is 23.3 Å². The standard InChI is InChI=1S/C14H19ClFNO2/c1-10(2)17(9-5-8-15)14(18)13-11(16)6-4-7-12(13)19-3/h4,6-7,10H,5,8-9H2,1-3H3.